The van der Waals surface area contributed by atoms with E-state index in [0.29, 0.717) is 29.7 Å². The molecule has 12 heteroatoms. The molecule has 0 radical (unpaired) electrons. The van der Waals surface area contributed by atoms with Gasteiger partial charge in [-0.05, 0) is 65.1 Å². The number of piperazine rings is 1. The van der Waals surface area contributed by atoms with Gasteiger partial charge in [-0.15, -0.1) is 5.10 Å². The first-order valence-electron chi connectivity index (χ1n) is 10.8. The molecule has 1 aromatic carbocycles. The van der Waals surface area contributed by atoms with Crippen LogP contribution in [0.4, 0.5) is 0 Å². The highest BCUT2D eigenvalue weighted by Gasteiger charge is 2.31. The van der Waals surface area contributed by atoms with Gasteiger partial charge in [0.2, 0.25) is 21.1 Å². The third-order valence-corrected chi connectivity index (χ3v) is 8.85. The molecule has 1 saturated heterocycles. The van der Waals surface area contributed by atoms with Gasteiger partial charge >= 0.3 is 0 Å². The molecular weight excluding hydrogens is 464 g/mol. The second-order valence-electron chi connectivity index (χ2n) is 8.06. The van der Waals surface area contributed by atoms with Gasteiger partial charge in [-0.3, -0.25) is 4.79 Å². The first kappa shape index (κ1) is 22.1. The number of amides is 1. The SMILES string of the molecule is O=C(CSc1nnnn1Cc1ccco1)N1CCN(S(=O)(=O)c2ccc3c(c2)CCC3)CC1. The number of sulfonamides is 1. The van der Waals surface area contributed by atoms with Crippen molar-refractivity contribution in [1.29, 1.82) is 0 Å². The predicted octanol–water partition coefficient (Wildman–Crippen LogP) is 1.43. The first-order valence-corrected chi connectivity index (χ1v) is 13.2. The van der Waals surface area contributed by atoms with Gasteiger partial charge in [0.25, 0.3) is 0 Å². The minimum absolute atomic E-state index is 0.0675. The molecule has 5 rings (SSSR count). The maximum atomic E-state index is 13.1. The van der Waals surface area contributed by atoms with Crippen molar-refractivity contribution in [3.05, 3.63) is 53.5 Å². The monoisotopic (exact) mass is 488 g/mol. The topological polar surface area (TPSA) is 114 Å². The number of hydrogen-bond donors (Lipinski definition) is 0. The molecule has 2 aliphatic rings. The van der Waals surface area contributed by atoms with Gasteiger partial charge in [-0.1, -0.05) is 17.8 Å². The fourth-order valence-corrected chi connectivity index (χ4v) is 6.46. The van der Waals surface area contributed by atoms with Crippen LogP contribution in [0.2, 0.25) is 0 Å². The van der Waals surface area contributed by atoms with Crippen molar-refractivity contribution in [3.63, 3.8) is 0 Å². The molecule has 2 aromatic heterocycles. The molecule has 0 saturated carbocycles. The summed E-state index contributed by atoms with van der Waals surface area (Å²) >= 11 is 1.25. The zero-order valence-corrected chi connectivity index (χ0v) is 19.6. The molecule has 0 spiro atoms. The summed E-state index contributed by atoms with van der Waals surface area (Å²) < 4.78 is 34.6. The fourth-order valence-electron chi connectivity index (χ4n) is 4.20. The molecular formula is C21H24N6O4S2. The minimum atomic E-state index is -3.56. The Morgan fingerprint density at radius 3 is 2.70 bits per heavy atom. The maximum Gasteiger partial charge on any atom is 0.243 e. The lowest BCUT2D eigenvalue weighted by Crippen LogP contribution is -2.51. The van der Waals surface area contributed by atoms with Crippen LogP contribution in [0.15, 0.2) is 51.1 Å². The molecule has 1 aliphatic carbocycles. The van der Waals surface area contributed by atoms with E-state index in [0.717, 1.165) is 30.6 Å². The van der Waals surface area contributed by atoms with E-state index in [-0.39, 0.29) is 24.7 Å². The molecule has 10 nitrogen and oxygen atoms in total. The summed E-state index contributed by atoms with van der Waals surface area (Å²) in [5.41, 5.74) is 2.38. The zero-order chi connectivity index (χ0) is 22.8. The molecule has 0 bridgehead atoms. The van der Waals surface area contributed by atoms with Gasteiger partial charge in [-0.2, -0.15) is 4.31 Å². The van der Waals surface area contributed by atoms with Gasteiger partial charge in [-0.25, -0.2) is 13.1 Å². The van der Waals surface area contributed by atoms with E-state index in [4.69, 9.17) is 4.42 Å². The van der Waals surface area contributed by atoms with Crippen LogP contribution in [0, 0.1) is 0 Å². The molecule has 1 aliphatic heterocycles. The summed E-state index contributed by atoms with van der Waals surface area (Å²) in [5, 5.41) is 12.1. The molecule has 0 N–H and O–H groups in total. The highest BCUT2D eigenvalue weighted by molar-refractivity contribution is 7.99. The lowest BCUT2D eigenvalue weighted by molar-refractivity contribution is -0.129. The van der Waals surface area contributed by atoms with Crippen LogP contribution in [0.5, 0.6) is 0 Å². The molecule has 1 amide bonds. The Morgan fingerprint density at radius 1 is 1.09 bits per heavy atom. The van der Waals surface area contributed by atoms with Crippen molar-refractivity contribution in [2.45, 2.75) is 35.9 Å². The van der Waals surface area contributed by atoms with Crippen molar-refractivity contribution in [2.24, 2.45) is 0 Å². The lowest BCUT2D eigenvalue weighted by atomic mass is 10.1. The molecule has 0 atom stereocenters. The van der Waals surface area contributed by atoms with E-state index in [1.807, 2.05) is 18.2 Å². The predicted molar refractivity (Wildman–Crippen MR) is 120 cm³/mol. The summed E-state index contributed by atoms with van der Waals surface area (Å²) in [7, 11) is -3.56. The number of fused-ring (bicyclic) bond motifs is 1. The molecule has 174 valence electrons. The molecule has 3 heterocycles. The van der Waals surface area contributed by atoms with Crippen molar-refractivity contribution in [2.75, 3.05) is 31.9 Å². The van der Waals surface area contributed by atoms with Gasteiger partial charge < -0.3 is 9.32 Å². The second-order valence-corrected chi connectivity index (χ2v) is 10.9. The molecule has 33 heavy (non-hydrogen) atoms. The number of aryl methyl sites for hydroxylation is 2. The Morgan fingerprint density at radius 2 is 1.91 bits per heavy atom. The van der Waals surface area contributed by atoms with Gasteiger partial charge in [0, 0.05) is 26.2 Å². The van der Waals surface area contributed by atoms with E-state index < -0.39 is 10.0 Å². The highest BCUT2D eigenvalue weighted by atomic mass is 32.2. The van der Waals surface area contributed by atoms with E-state index in [9.17, 15) is 13.2 Å². The Labute approximate surface area is 196 Å². The Hall–Kier alpha value is -2.70. The molecule has 3 aromatic rings. The van der Waals surface area contributed by atoms with Gasteiger partial charge in [0.1, 0.15) is 12.3 Å². The fraction of sp³-hybridized carbons (Fsp3) is 0.429. The number of benzene rings is 1. The number of nitrogens with zero attached hydrogens (tertiary/aromatic N) is 6. The van der Waals surface area contributed by atoms with Crippen LogP contribution in [-0.4, -0.2) is 75.7 Å². The Kier molecular flexibility index (Phi) is 6.21. The van der Waals surface area contributed by atoms with Crippen molar-refractivity contribution < 1.29 is 17.6 Å². The zero-order valence-electron chi connectivity index (χ0n) is 18.0. The summed E-state index contributed by atoms with van der Waals surface area (Å²) in [6.07, 6.45) is 4.61. The number of thioether (sulfide) groups is 1. The second kappa shape index (κ2) is 9.27. The van der Waals surface area contributed by atoms with E-state index in [2.05, 4.69) is 15.5 Å². The first-order chi connectivity index (χ1) is 16.0. The third kappa shape index (κ3) is 4.68. The minimum Gasteiger partial charge on any atom is -0.467 e. The summed E-state index contributed by atoms with van der Waals surface area (Å²) in [6, 6.07) is 9.09. The average Bonchev–Trinajstić information content (AvgIpc) is 3.60. The van der Waals surface area contributed by atoms with Crippen LogP contribution < -0.4 is 0 Å². The number of hydrogen-bond acceptors (Lipinski definition) is 8. The lowest BCUT2D eigenvalue weighted by Gasteiger charge is -2.34. The number of aromatic nitrogens is 4. The van der Waals surface area contributed by atoms with Crippen LogP contribution in [0.3, 0.4) is 0 Å². The number of carbonyl (C=O) groups excluding carboxylic acids is 1. The van der Waals surface area contributed by atoms with Crippen molar-refractivity contribution in [1.82, 2.24) is 29.4 Å². The third-order valence-electron chi connectivity index (χ3n) is 6.01. The van der Waals surface area contributed by atoms with Gasteiger partial charge in [0.05, 0.1) is 16.9 Å². The quantitative estimate of drug-likeness (QED) is 0.459. The van der Waals surface area contributed by atoms with Crippen LogP contribution >= 0.6 is 11.8 Å². The molecule has 1 fully saturated rings. The van der Waals surface area contributed by atoms with Crippen LogP contribution in [-0.2, 0) is 34.2 Å². The normalized spacial score (nSPS) is 16.8. The van der Waals surface area contributed by atoms with Crippen molar-refractivity contribution >= 4 is 27.7 Å². The largest absolute Gasteiger partial charge is 0.467 e. The van der Waals surface area contributed by atoms with E-state index >= 15 is 0 Å². The number of carbonyl (C=O) groups is 1. The number of tetrazole rings is 1. The Bertz CT molecular complexity index is 1230. The maximum absolute atomic E-state index is 13.1. The molecule has 0 unspecified atom stereocenters. The van der Waals surface area contributed by atoms with Crippen molar-refractivity contribution in [3.8, 4) is 0 Å². The number of furan rings is 1. The number of rotatable bonds is 7. The summed E-state index contributed by atoms with van der Waals surface area (Å²) in [4.78, 5) is 14.8. The van der Waals surface area contributed by atoms with E-state index in [1.54, 1.807) is 28.0 Å². The van der Waals surface area contributed by atoms with Crippen LogP contribution in [0.1, 0.15) is 23.3 Å². The van der Waals surface area contributed by atoms with Crippen LogP contribution in [0.25, 0.3) is 0 Å². The summed E-state index contributed by atoms with van der Waals surface area (Å²) in [6.45, 7) is 1.68. The highest BCUT2D eigenvalue weighted by Crippen LogP contribution is 2.27. The summed E-state index contributed by atoms with van der Waals surface area (Å²) in [5.74, 6) is 0.828. The smallest absolute Gasteiger partial charge is 0.243 e. The van der Waals surface area contributed by atoms with E-state index in [1.165, 1.54) is 21.6 Å². The Balaban J connectivity index is 1.15. The standard InChI is InChI=1S/C21H24N6O4S2/c28-20(15-32-21-22-23-24-27(21)14-18-5-2-12-31-18)25-8-10-26(11-9-25)33(29,30)19-7-6-16-3-1-4-17(16)13-19/h2,5-7,12-13H,1,3-4,8-11,14-15H2. The van der Waals surface area contributed by atoms with Gasteiger partial charge in [0.15, 0.2) is 0 Å². The average molecular weight is 489 g/mol.